The zero-order valence-corrected chi connectivity index (χ0v) is 13.8. The fourth-order valence-corrected chi connectivity index (χ4v) is 2.73. The number of rotatable bonds is 5. The summed E-state index contributed by atoms with van der Waals surface area (Å²) in [5.41, 5.74) is 1.76. The summed E-state index contributed by atoms with van der Waals surface area (Å²) in [5.74, 6) is 0.634. The van der Waals surface area contributed by atoms with Crippen molar-refractivity contribution in [1.82, 2.24) is 9.97 Å². The van der Waals surface area contributed by atoms with Gasteiger partial charge < -0.3 is 9.47 Å². The molecule has 1 aliphatic rings. The van der Waals surface area contributed by atoms with Crippen LogP contribution in [0.3, 0.4) is 0 Å². The van der Waals surface area contributed by atoms with Gasteiger partial charge in [-0.3, -0.25) is 0 Å². The normalized spacial score (nSPS) is 14.5. The van der Waals surface area contributed by atoms with Crippen molar-refractivity contribution in [3.8, 4) is 11.5 Å². The highest BCUT2D eigenvalue weighted by atomic mass is 35.5. The molecule has 0 saturated heterocycles. The van der Waals surface area contributed by atoms with E-state index in [4.69, 9.17) is 21.1 Å². The smallest absolute Gasteiger partial charge is 0.162 e. The maximum Gasteiger partial charge on any atom is 0.162 e. The first-order valence-corrected chi connectivity index (χ1v) is 7.69. The van der Waals surface area contributed by atoms with Crippen LogP contribution in [-0.2, 0) is 0 Å². The molecule has 2 aromatic rings. The van der Waals surface area contributed by atoms with Gasteiger partial charge in [0.2, 0.25) is 0 Å². The Morgan fingerprint density at radius 2 is 2.17 bits per heavy atom. The van der Waals surface area contributed by atoms with Crippen molar-refractivity contribution in [3.63, 3.8) is 0 Å². The van der Waals surface area contributed by atoms with Gasteiger partial charge in [0.1, 0.15) is 18.8 Å². The van der Waals surface area contributed by atoms with Crippen LogP contribution in [-0.4, -0.2) is 23.7 Å². The van der Waals surface area contributed by atoms with Gasteiger partial charge in [0, 0.05) is 17.0 Å². The van der Waals surface area contributed by atoms with Gasteiger partial charge in [0.15, 0.2) is 11.5 Å². The highest BCUT2D eigenvalue weighted by molar-refractivity contribution is 6.35. The molecule has 1 aliphatic carbocycles. The number of hydrogen-bond acceptors (Lipinski definition) is 4. The number of methoxy groups -OCH3 is 1. The number of fused-ring (bicyclic) bond motifs is 1. The average molecular weight is 346 g/mol. The minimum atomic E-state index is -0.447. The van der Waals surface area contributed by atoms with E-state index in [0.717, 1.165) is 0 Å². The van der Waals surface area contributed by atoms with Crippen molar-refractivity contribution in [2.75, 3.05) is 13.7 Å². The Kier molecular flexibility index (Phi) is 4.81. The summed E-state index contributed by atoms with van der Waals surface area (Å²) < 4.78 is 24.8. The van der Waals surface area contributed by atoms with Crippen LogP contribution in [0.15, 0.2) is 48.1 Å². The molecular weight excluding hydrogens is 331 g/mol. The van der Waals surface area contributed by atoms with Gasteiger partial charge in [-0.1, -0.05) is 24.3 Å². The number of ether oxygens (including phenoxy) is 2. The number of halogens is 2. The second-order valence-corrected chi connectivity index (χ2v) is 5.44. The Bertz CT molecular complexity index is 861. The summed E-state index contributed by atoms with van der Waals surface area (Å²) in [6.07, 6.45) is 6.78. The van der Waals surface area contributed by atoms with Gasteiger partial charge in [-0.2, -0.15) is 0 Å². The Morgan fingerprint density at radius 3 is 2.92 bits per heavy atom. The molecule has 3 rings (SSSR count). The molecule has 1 heterocycles. The Morgan fingerprint density at radius 1 is 1.33 bits per heavy atom. The SMILES string of the molecule is C=CCOc1cc2c(C3=C(Cl)C(F)=CC[CH]3)ncnc2cc1OC. The quantitative estimate of drug-likeness (QED) is 0.742. The van der Waals surface area contributed by atoms with Crippen molar-refractivity contribution in [1.29, 1.82) is 0 Å². The lowest BCUT2D eigenvalue weighted by Crippen LogP contribution is -2.01. The second kappa shape index (κ2) is 7.01. The molecular formula is C18H15ClFN2O2. The minimum absolute atomic E-state index is 0.0469. The highest BCUT2D eigenvalue weighted by Gasteiger charge is 2.20. The van der Waals surface area contributed by atoms with Crippen molar-refractivity contribution in [3.05, 3.63) is 60.2 Å². The van der Waals surface area contributed by atoms with Crippen molar-refractivity contribution in [2.24, 2.45) is 0 Å². The molecule has 1 radical (unpaired) electrons. The topological polar surface area (TPSA) is 44.2 Å². The number of nitrogens with zero attached hydrogens (tertiary/aromatic N) is 2. The van der Waals surface area contributed by atoms with E-state index in [2.05, 4.69) is 16.5 Å². The van der Waals surface area contributed by atoms with Gasteiger partial charge in [0.05, 0.1) is 23.4 Å². The lowest BCUT2D eigenvalue weighted by molar-refractivity contribution is 0.327. The standard InChI is InChI=1S/C18H15ClFN2O2/c1-3-7-24-16-8-12-14(9-15(16)23-2)21-10-22-18(12)11-5-4-6-13(20)17(11)19/h3,5-6,8-10H,1,4,7H2,2H3. The van der Waals surface area contributed by atoms with Crippen molar-refractivity contribution >= 4 is 28.1 Å². The molecule has 0 saturated carbocycles. The lowest BCUT2D eigenvalue weighted by Gasteiger charge is -2.16. The summed E-state index contributed by atoms with van der Waals surface area (Å²) in [5, 5.41) is 0.752. The molecule has 1 aromatic heterocycles. The summed E-state index contributed by atoms with van der Waals surface area (Å²) in [6, 6.07) is 3.52. The predicted molar refractivity (Wildman–Crippen MR) is 92.7 cm³/mol. The van der Waals surface area contributed by atoms with Gasteiger partial charge >= 0.3 is 0 Å². The molecule has 0 aliphatic heterocycles. The molecule has 0 fully saturated rings. The third-order valence-electron chi connectivity index (χ3n) is 3.60. The predicted octanol–water partition coefficient (Wildman–Crippen LogP) is 4.61. The first kappa shape index (κ1) is 16.5. The Balaban J connectivity index is 2.21. The van der Waals surface area contributed by atoms with E-state index in [-0.39, 0.29) is 5.03 Å². The molecule has 6 heteroatoms. The largest absolute Gasteiger partial charge is 0.493 e. The zero-order chi connectivity index (χ0) is 17.1. The van der Waals surface area contributed by atoms with E-state index in [9.17, 15) is 4.39 Å². The van der Waals surface area contributed by atoms with Gasteiger partial charge in [-0.05, 0) is 25.0 Å². The minimum Gasteiger partial charge on any atom is -0.493 e. The van der Waals surface area contributed by atoms with Crippen molar-refractivity contribution < 1.29 is 13.9 Å². The van der Waals surface area contributed by atoms with E-state index in [1.54, 1.807) is 25.3 Å². The van der Waals surface area contributed by atoms with Gasteiger partial charge in [0.25, 0.3) is 0 Å². The van der Waals surface area contributed by atoms with Crippen molar-refractivity contribution in [2.45, 2.75) is 6.42 Å². The van der Waals surface area contributed by atoms with Crippen LogP contribution < -0.4 is 9.47 Å². The van der Waals surface area contributed by atoms with E-state index < -0.39 is 5.83 Å². The fourth-order valence-electron chi connectivity index (χ4n) is 2.49. The zero-order valence-electron chi connectivity index (χ0n) is 13.1. The second-order valence-electron chi connectivity index (χ2n) is 5.06. The molecule has 4 nitrogen and oxygen atoms in total. The van der Waals surface area contributed by atoms with E-state index in [0.29, 0.717) is 46.7 Å². The van der Waals surface area contributed by atoms with Crippen LogP contribution in [0.2, 0.25) is 0 Å². The first-order chi connectivity index (χ1) is 11.7. The van der Waals surface area contributed by atoms with Crippen LogP contribution in [0.1, 0.15) is 12.1 Å². The van der Waals surface area contributed by atoms with Gasteiger partial charge in [-0.15, -0.1) is 0 Å². The number of aromatic nitrogens is 2. The summed E-state index contributed by atoms with van der Waals surface area (Å²) >= 11 is 6.13. The molecule has 123 valence electrons. The molecule has 0 amide bonds. The molecule has 1 aromatic carbocycles. The third kappa shape index (κ3) is 2.99. The molecule has 24 heavy (non-hydrogen) atoms. The average Bonchev–Trinajstić information content (AvgIpc) is 2.61. The van der Waals surface area contributed by atoms with Crippen LogP contribution in [0, 0.1) is 6.42 Å². The monoisotopic (exact) mass is 345 g/mol. The molecule has 0 atom stereocenters. The summed E-state index contributed by atoms with van der Waals surface area (Å²) in [4.78, 5) is 8.55. The maximum atomic E-state index is 13.8. The summed E-state index contributed by atoms with van der Waals surface area (Å²) in [6.45, 7) is 3.97. The third-order valence-corrected chi connectivity index (χ3v) is 3.98. The van der Waals surface area contributed by atoms with Crippen LogP contribution in [0.4, 0.5) is 4.39 Å². The van der Waals surface area contributed by atoms with Crippen LogP contribution >= 0.6 is 11.6 Å². The maximum absolute atomic E-state index is 13.8. The summed E-state index contributed by atoms with van der Waals surface area (Å²) in [7, 11) is 1.55. The molecule has 0 unspecified atom stereocenters. The van der Waals surface area contributed by atoms with Crippen LogP contribution in [0.5, 0.6) is 11.5 Å². The highest BCUT2D eigenvalue weighted by Crippen LogP contribution is 2.39. The fraction of sp³-hybridized carbons (Fsp3) is 0.167. The number of benzene rings is 1. The van der Waals surface area contributed by atoms with Gasteiger partial charge in [-0.25, -0.2) is 14.4 Å². The Hall–Kier alpha value is -2.40. The molecule has 0 spiro atoms. The van der Waals surface area contributed by atoms with Crippen LogP contribution in [0.25, 0.3) is 16.5 Å². The van der Waals surface area contributed by atoms with E-state index in [1.165, 1.54) is 12.4 Å². The van der Waals surface area contributed by atoms with E-state index >= 15 is 0 Å². The number of allylic oxidation sites excluding steroid dienone is 4. The first-order valence-electron chi connectivity index (χ1n) is 7.31. The molecule has 0 N–H and O–H groups in total. The number of hydrogen-bond donors (Lipinski definition) is 0. The Labute approximate surface area is 144 Å². The van der Waals surface area contributed by atoms with E-state index in [1.807, 2.05) is 6.42 Å². The lowest BCUT2D eigenvalue weighted by atomic mass is 9.98. The molecule has 0 bridgehead atoms.